The van der Waals surface area contributed by atoms with Crippen molar-refractivity contribution in [3.05, 3.63) is 34.1 Å². The Hall–Kier alpha value is -0.450. The molecule has 1 N–H and O–H groups in total. The Kier molecular flexibility index (Phi) is 6.82. The molecule has 0 amide bonds. The summed E-state index contributed by atoms with van der Waals surface area (Å²) in [5.41, 5.74) is 0.761. The first-order valence-electron chi connectivity index (χ1n) is 6.20. The van der Waals surface area contributed by atoms with Gasteiger partial charge < -0.3 is 10.1 Å². The Labute approximate surface area is 117 Å². The van der Waals surface area contributed by atoms with Crippen LogP contribution in [-0.2, 0) is 11.2 Å². The van der Waals surface area contributed by atoms with E-state index in [2.05, 4.69) is 35.1 Å². The summed E-state index contributed by atoms with van der Waals surface area (Å²) in [6, 6.07) is 5.42. The van der Waals surface area contributed by atoms with E-state index in [-0.39, 0.29) is 5.82 Å². The van der Waals surface area contributed by atoms with Crippen molar-refractivity contribution in [2.45, 2.75) is 26.3 Å². The number of hydrogen-bond acceptors (Lipinski definition) is 2. The number of methoxy groups -OCH3 is 1. The second-order valence-electron chi connectivity index (χ2n) is 4.65. The molecule has 4 heteroatoms. The standard InChI is InChI=1S/C14H21BrFNO/c1-10(11(2)17-6-7-18-3)8-12-9-13(15)4-5-14(12)16/h4-5,9-11,17H,6-8H2,1-3H3. The van der Waals surface area contributed by atoms with E-state index in [9.17, 15) is 4.39 Å². The van der Waals surface area contributed by atoms with Crippen LogP contribution in [0.4, 0.5) is 4.39 Å². The molecule has 102 valence electrons. The zero-order chi connectivity index (χ0) is 13.5. The van der Waals surface area contributed by atoms with Crippen LogP contribution < -0.4 is 5.32 Å². The van der Waals surface area contributed by atoms with Crippen molar-refractivity contribution in [1.82, 2.24) is 5.32 Å². The molecule has 1 rings (SSSR count). The van der Waals surface area contributed by atoms with Gasteiger partial charge in [0.25, 0.3) is 0 Å². The Morgan fingerprint density at radius 2 is 2.11 bits per heavy atom. The fraction of sp³-hybridized carbons (Fsp3) is 0.571. The van der Waals surface area contributed by atoms with E-state index in [1.807, 2.05) is 6.07 Å². The molecular weight excluding hydrogens is 297 g/mol. The molecule has 0 saturated heterocycles. The fourth-order valence-electron chi connectivity index (χ4n) is 1.81. The Morgan fingerprint density at radius 3 is 2.78 bits per heavy atom. The molecule has 0 aliphatic rings. The molecule has 18 heavy (non-hydrogen) atoms. The summed E-state index contributed by atoms with van der Waals surface area (Å²) in [7, 11) is 1.69. The summed E-state index contributed by atoms with van der Waals surface area (Å²) in [6.07, 6.45) is 0.729. The zero-order valence-electron chi connectivity index (χ0n) is 11.2. The van der Waals surface area contributed by atoms with Crippen LogP contribution in [0.25, 0.3) is 0 Å². The smallest absolute Gasteiger partial charge is 0.126 e. The van der Waals surface area contributed by atoms with E-state index in [4.69, 9.17) is 4.74 Å². The van der Waals surface area contributed by atoms with Crippen LogP contribution in [0.3, 0.4) is 0 Å². The quantitative estimate of drug-likeness (QED) is 0.778. The highest BCUT2D eigenvalue weighted by Crippen LogP contribution is 2.19. The second-order valence-corrected chi connectivity index (χ2v) is 5.57. The molecule has 0 aliphatic carbocycles. The number of ether oxygens (including phenoxy) is 1. The van der Waals surface area contributed by atoms with Gasteiger partial charge in [-0.05, 0) is 43.0 Å². The predicted molar refractivity (Wildman–Crippen MR) is 76.3 cm³/mol. The molecule has 0 spiro atoms. The molecule has 1 aromatic rings. The van der Waals surface area contributed by atoms with Crippen molar-refractivity contribution in [2.75, 3.05) is 20.3 Å². The largest absolute Gasteiger partial charge is 0.383 e. The van der Waals surface area contributed by atoms with Gasteiger partial charge in [0.05, 0.1) is 6.61 Å². The lowest BCUT2D eigenvalue weighted by Crippen LogP contribution is -2.35. The maximum absolute atomic E-state index is 13.6. The third-order valence-electron chi connectivity index (χ3n) is 3.18. The van der Waals surface area contributed by atoms with E-state index >= 15 is 0 Å². The SMILES string of the molecule is COCCNC(C)C(C)Cc1cc(Br)ccc1F. The minimum Gasteiger partial charge on any atom is -0.383 e. The number of benzene rings is 1. The molecule has 0 aliphatic heterocycles. The van der Waals surface area contributed by atoms with Gasteiger partial charge in [-0.2, -0.15) is 0 Å². The summed E-state index contributed by atoms with van der Waals surface area (Å²) in [6.45, 7) is 5.77. The number of rotatable bonds is 7. The first-order valence-corrected chi connectivity index (χ1v) is 7.00. The van der Waals surface area contributed by atoms with Crippen molar-refractivity contribution in [3.8, 4) is 0 Å². The highest BCUT2D eigenvalue weighted by molar-refractivity contribution is 9.10. The average Bonchev–Trinajstić information content (AvgIpc) is 2.34. The maximum atomic E-state index is 13.6. The third-order valence-corrected chi connectivity index (χ3v) is 3.67. The molecule has 2 unspecified atom stereocenters. The highest BCUT2D eigenvalue weighted by atomic mass is 79.9. The van der Waals surface area contributed by atoms with Crippen molar-refractivity contribution < 1.29 is 9.13 Å². The fourth-order valence-corrected chi connectivity index (χ4v) is 2.22. The van der Waals surface area contributed by atoms with Crippen LogP contribution in [0.2, 0.25) is 0 Å². The lowest BCUT2D eigenvalue weighted by atomic mass is 9.94. The molecule has 0 radical (unpaired) electrons. The first kappa shape index (κ1) is 15.6. The molecule has 0 fully saturated rings. The van der Waals surface area contributed by atoms with Gasteiger partial charge in [-0.1, -0.05) is 22.9 Å². The van der Waals surface area contributed by atoms with Crippen LogP contribution in [-0.4, -0.2) is 26.3 Å². The normalized spacial score (nSPS) is 14.5. The van der Waals surface area contributed by atoms with Crippen molar-refractivity contribution in [3.63, 3.8) is 0 Å². The van der Waals surface area contributed by atoms with E-state index < -0.39 is 0 Å². The van der Waals surface area contributed by atoms with Gasteiger partial charge in [0.1, 0.15) is 5.82 Å². The van der Waals surface area contributed by atoms with E-state index in [0.717, 1.165) is 23.0 Å². The topological polar surface area (TPSA) is 21.3 Å². The minimum absolute atomic E-state index is 0.130. The van der Waals surface area contributed by atoms with Gasteiger partial charge in [0.15, 0.2) is 0 Å². The van der Waals surface area contributed by atoms with Gasteiger partial charge in [-0.3, -0.25) is 0 Å². The van der Waals surface area contributed by atoms with Crippen LogP contribution in [0.5, 0.6) is 0 Å². The van der Waals surface area contributed by atoms with Gasteiger partial charge in [0.2, 0.25) is 0 Å². The van der Waals surface area contributed by atoms with E-state index in [0.29, 0.717) is 18.6 Å². The lowest BCUT2D eigenvalue weighted by Gasteiger charge is -2.21. The van der Waals surface area contributed by atoms with Crippen LogP contribution in [0.15, 0.2) is 22.7 Å². The Balaban J connectivity index is 2.52. The molecular formula is C14H21BrFNO. The summed E-state index contributed by atoms with van der Waals surface area (Å²) in [4.78, 5) is 0. The zero-order valence-corrected chi connectivity index (χ0v) is 12.8. The summed E-state index contributed by atoms with van der Waals surface area (Å²) in [5, 5.41) is 3.38. The van der Waals surface area contributed by atoms with Crippen LogP contribution in [0, 0.1) is 11.7 Å². The monoisotopic (exact) mass is 317 g/mol. The molecule has 1 aromatic carbocycles. The second kappa shape index (κ2) is 7.87. The van der Waals surface area contributed by atoms with Crippen molar-refractivity contribution in [2.24, 2.45) is 5.92 Å². The lowest BCUT2D eigenvalue weighted by molar-refractivity contribution is 0.192. The maximum Gasteiger partial charge on any atom is 0.126 e. The Morgan fingerprint density at radius 1 is 1.39 bits per heavy atom. The highest BCUT2D eigenvalue weighted by Gasteiger charge is 2.14. The van der Waals surface area contributed by atoms with Gasteiger partial charge in [-0.15, -0.1) is 0 Å². The van der Waals surface area contributed by atoms with E-state index in [1.54, 1.807) is 13.2 Å². The number of nitrogens with one attached hydrogen (secondary N) is 1. The molecule has 0 aromatic heterocycles. The Bertz CT molecular complexity index is 373. The van der Waals surface area contributed by atoms with E-state index in [1.165, 1.54) is 6.07 Å². The molecule has 0 heterocycles. The average molecular weight is 318 g/mol. The van der Waals surface area contributed by atoms with Crippen LogP contribution in [0.1, 0.15) is 19.4 Å². The summed E-state index contributed by atoms with van der Waals surface area (Å²) >= 11 is 3.38. The molecule has 2 atom stereocenters. The van der Waals surface area contributed by atoms with Gasteiger partial charge in [0, 0.05) is 24.2 Å². The molecule has 0 bridgehead atoms. The molecule has 2 nitrogen and oxygen atoms in total. The van der Waals surface area contributed by atoms with Crippen LogP contribution >= 0.6 is 15.9 Å². The van der Waals surface area contributed by atoms with Crippen molar-refractivity contribution >= 4 is 15.9 Å². The van der Waals surface area contributed by atoms with Gasteiger partial charge >= 0.3 is 0 Å². The molecule has 0 saturated carbocycles. The number of hydrogen-bond donors (Lipinski definition) is 1. The summed E-state index contributed by atoms with van der Waals surface area (Å²) in [5.74, 6) is 0.236. The summed E-state index contributed by atoms with van der Waals surface area (Å²) < 4.78 is 19.6. The third kappa shape index (κ3) is 5.04. The first-order chi connectivity index (χ1) is 8.54. The van der Waals surface area contributed by atoms with Crippen molar-refractivity contribution in [1.29, 1.82) is 0 Å². The number of halogens is 2. The van der Waals surface area contributed by atoms with Gasteiger partial charge in [-0.25, -0.2) is 4.39 Å². The minimum atomic E-state index is -0.130. The predicted octanol–water partition coefficient (Wildman–Crippen LogP) is 3.39.